The maximum Gasteiger partial charge on any atom is 0.123 e. The Kier molecular flexibility index (Phi) is 4.60. The Bertz CT molecular complexity index is 389. The van der Waals surface area contributed by atoms with Gasteiger partial charge in [-0.25, -0.2) is 4.39 Å². The lowest BCUT2D eigenvalue weighted by atomic mass is 10.1. The molecule has 3 rings (SSSR count). The van der Waals surface area contributed by atoms with E-state index in [2.05, 4.69) is 10.2 Å². The zero-order valence-electron chi connectivity index (χ0n) is 10.4. The van der Waals surface area contributed by atoms with Gasteiger partial charge in [-0.1, -0.05) is 12.1 Å². The van der Waals surface area contributed by atoms with Crippen molar-refractivity contribution in [3.8, 4) is 0 Å². The Hall–Kier alpha value is -0.640. The lowest BCUT2D eigenvalue weighted by Gasteiger charge is -2.28. The van der Waals surface area contributed by atoms with E-state index < -0.39 is 0 Å². The molecule has 18 heavy (non-hydrogen) atoms. The number of hydrogen-bond donors (Lipinski definition) is 1. The van der Waals surface area contributed by atoms with Gasteiger partial charge in [0.15, 0.2) is 0 Å². The molecule has 2 nitrogen and oxygen atoms in total. The highest BCUT2D eigenvalue weighted by Gasteiger charge is 2.34. The lowest BCUT2D eigenvalue weighted by Crippen LogP contribution is -2.38. The molecule has 4 heteroatoms. The highest BCUT2D eigenvalue weighted by Crippen LogP contribution is 2.31. The van der Waals surface area contributed by atoms with Gasteiger partial charge in [0.1, 0.15) is 5.82 Å². The molecular weight excluding hydrogens is 251 g/mol. The van der Waals surface area contributed by atoms with E-state index in [0.717, 1.165) is 31.2 Å². The summed E-state index contributed by atoms with van der Waals surface area (Å²) < 4.78 is 13.2. The molecule has 1 heterocycles. The Balaban J connectivity index is 0.00000120. The fourth-order valence-corrected chi connectivity index (χ4v) is 2.73. The van der Waals surface area contributed by atoms with Crippen LogP contribution in [0, 0.1) is 5.82 Å². The number of rotatable bonds is 4. The van der Waals surface area contributed by atoms with E-state index in [4.69, 9.17) is 0 Å². The van der Waals surface area contributed by atoms with Crippen LogP contribution in [0.3, 0.4) is 0 Å². The fourth-order valence-electron chi connectivity index (χ4n) is 2.73. The molecule has 100 valence electrons. The second kappa shape index (κ2) is 6.00. The van der Waals surface area contributed by atoms with Crippen LogP contribution in [-0.4, -0.2) is 30.1 Å². The third kappa shape index (κ3) is 3.22. The topological polar surface area (TPSA) is 15.3 Å². The second-order valence-electron chi connectivity index (χ2n) is 5.18. The Morgan fingerprint density at radius 1 is 1.22 bits per heavy atom. The van der Waals surface area contributed by atoms with E-state index in [9.17, 15) is 4.39 Å². The Morgan fingerprint density at radius 3 is 2.67 bits per heavy atom. The molecule has 1 N–H and O–H groups in total. The molecule has 0 spiro atoms. The second-order valence-corrected chi connectivity index (χ2v) is 5.18. The van der Waals surface area contributed by atoms with Crippen molar-refractivity contribution in [2.45, 2.75) is 37.9 Å². The molecule has 1 aromatic carbocycles. The molecule has 1 saturated heterocycles. The minimum absolute atomic E-state index is 0. The summed E-state index contributed by atoms with van der Waals surface area (Å²) in [6, 6.07) is 8.40. The Morgan fingerprint density at radius 2 is 2.06 bits per heavy atom. The van der Waals surface area contributed by atoms with Gasteiger partial charge < -0.3 is 5.32 Å². The smallest absolute Gasteiger partial charge is 0.123 e. The molecule has 1 aliphatic carbocycles. The van der Waals surface area contributed by atoms with Gasteiger partial charge in [-0.15, -0.1) is 12.4 Å². The zero-order valence-corrected chi connectivity index (χ0v) is 11.3. The minimum Gasteiger partial charge on any atom is -0.315 e. The molecule has 0 radical (unpaired) electrons. The van der Waals surface area contributed by atoms with Crippen LogP contribution in [-0.2, 0) is 6.54 Å². The van der Waals surface area contributed by atoms with Crippen molar-refractivity contribution in [3.05, 3.63) is 35.6 Å². The largest absolute Gasteiger partial charge is 0.315 e. The van der Waals surface area contributed by atoms with Crippen molar-refractivity contribution >= 4 is 12.4 Å². The van der Waals surface area contributed by atoms with Gasteiger partial charge >= 0.3 is 0 Å². The molecule has 1 aliphatic heterocycles. The number of halogens is 2. The highest BCUT2D eigenvalue weighted by atomic mass is 35.5. The summed E-state index contributed by atoms with van der Waals surface area (Å²) in [6.45, 7) is 3.11. The van der Waals surface area contributed by atoms with Gasteiger partial charge in [0.05, 0.1) is 0 Å². The van der Waals surface area contributed by atoms with E-state index in [1.165, 1.54) is 25.3 Å². The van der Waals surface area contributed by atoms with Gasteiger partial charge in [-0.3, -0.25) is 4.90 Å². The predicted molar refractivity (Wildman–Crippen MR) is 73.5 cm³/mol. The van der Waals surface area contributed by atoms with E-state index in [1.807, 2.05) is 12.1 Å². The van der Waals surface area contributed by atoms with Gasteiger partial charge in [0, 0.05) is 25.2 Å². The maximum absolute atomic E-state index is 13.2. The molecule has 1 aromatic rings. The predicted octanol–water partition coefficient (Wildman–Crippen LogP) is 2.57. The molecule has 2 fully saturated rings. The van der Waals surface area contributed by atoms with Gasteiger partial charge in [0.25, 0.3) is 0 Å². The normalized spacial score (nSPS) is 23.1. The van der Waals surface area contributed by atoms with Crippen LogP contribution in [0.4, 0.5) is 4.39 Å². The van der Waals surface area contributed by atoms with E-state index in [1.54, 1.807) is 6.07 Å². The summed E-state index contributed by atoms with van der Waals surface area (Å²) >= 11 is 0. The molecular formula is C14H20ClFN2. The number of benzene rings is 1. The minimum atomic E-state index is -0.122. The summed E-state index contributed by atoms with van der Waals surface area (Å²) in [5.74, 6) is -0.122. The molecule has 0 aromatic heterocycles. The van der Waals surface area contributed by atoms with Crippen LogP contribution in [0.25, 0.3) is 0 Å². The molecule has 2 aliphatic rings. The third-order valence-electron chi connectivity index (χ3n) is 3.77. The van der Waals surface area contributed by atoms with Crippen molar-refractivity contribution in [2.75, 3.05) is 13.1 Å². The standard InChI is InChI=1S/C14H19FN2.ClH/c15-12-3-1-2-11(8-12)10-17(13-4-5-13)14-6-7-16-9-14;/h1-3,8,13-14,16H,4-7,9-10H2;1H. The summed E-state index contributed by atoms with van der Waals surface area (Å²) in [6.07, 6.45) is 3.85. The number of hydrogen-bond acceptors (Lipinski definition) is 2. The van der Waals surface area contributed by atoms with E-state index >= 15 is 0 Å². The summed E-state index contributed by atoms with van der Waals surface area (Å²) in [5.41, 5.74) is 1.10. The third-order valence-corrected chi connectivity index (χ3v) is 3.77. The monoisotopic (exact) mass is 270 g/mol. The SMILES string of the molecule is Cl.Fc1cccc(CN(C2CC2)C2CCNC2)c1. The number of nitrogens with zero attached hydrogens (tertiary/aromatic N) is 1. The maximum atomic E-state index is 13.2. The van der Waals surface area contributed by atoms with Crippen LogP contribution in [0.15, 0.2) is 24.3 Å². The molecule has 1 atom stereocenters. The molecule has 0 amide bonds. The van der Waals surface area contributed by atoms with Crippen molar-refractivity contribution in [3.63, 3.8) is 0 Å². The van der Waals surface area contributed by atoms with Crippen molar-refractivity contribution in [1.29, 1.82) is 0 Å². The van der Waals surface area contributed by atoms with Crippen LogP contribution >= 0.6 is 12.4 Å². The summed E-state index contributed by atoms with van der Waals surface area (Å²) in [4.78, 5) is 2.56. The zero-order chi connectivity index (χ0) is 11.7. The quantitative estimate of drug-likeness (QED) is 0.905. The van der Waals surface area contributed by atoms with Crippen LogP contribution in [0.2, 0.25) is 0 Å². The van der Waals surface area contributed by atoms with Crippen molar-refractivity contribution in [2.24, 2.45) is 0 Å². The molecule has 1 saturated carbocycles. The fraction of sp³-hybridized carbons (Fsp3) is 0.571. The Labute approximate surface area is 114 Å². The number of nitrogens with one attached hydrogen (secondary N) is 1. The first-order valence-electron chi connectivity index (χ1n) is 6.54. The van der Waals surface area contributed by atoms with E-state index in [0.29, 0.717) is 6.04 Å². The molecule has 0 bridgehead atoms. The summed E-state index contributed by atoms with van der Waals surface area (Å²) in [7, 11) is 0. The average molecular weight is 271 g/mol. The molecule has 1 unspecified atom stereocenters. The van der Waals surface area contributed by atoms with Gasteiger partial charge in [-0.2, -0.15) is 0 Å². The van der Waals surface area contributed by atoms with E-state index in [-0.39, 0.29) is 18.2 Å². The van der Waals surface area contributed by atoms with Crippen molar-refractivity contribution in [1.82, 2.24) is 10.2 Å². The lowest BCUT2D eigenvalue weighted by molar-refractivity contribution is 0.188. The average Bonchev–Trinajstić information content (AvgIpc) is 3.01. The highest BCUT2D eigenvalue weighted by molar-refractivity contribution is 5.85. The first kappa shape index (κ1) is 13.8. The first-order valence-corrected chi connectivity index (χ1v) is 6.54. The van der Waals surface area contributed by atoms with Crippen LogP contribution in [0.5, 0.6) is 0 Å². The first-order chi connectivity index (χ1) is 8.33. The van der Waals surface area contributed by atoms with Crippen LogP contribution < -0.4 is 5.32 Å². The summed E-state index contributed by atoms with van der Waals surface area (Å²) in [5, 5.41) is 3.42. The van der Waals surface area contributed by atoms with Crippen molar-refractivity contribution < 1.29 is 4.39 Å². The van der Waals surface area contributed by atoms with Gasteiger partial charge in [0.2, 0.25) is 0 Å². The van der Waals surface area contributed by atoms with Gasteiger partial charge in [-0.05, 0) is 43.5 Å². The van der Waals surface area contributed by atoms with Crippen LogP contribution in [0.1, 0.15) is 24.8 Å².